The molecule has 0 aromatic rings. The van der Waals surface area contributed by atoms with Crippen LogP contribution in [-0.2, 0) is 99.7 Å². The van der Waals surface area contributed by atoms with Crippen LogP contribution in [0.5, 0.6) is 0 Å². The Kier molecular flexibility index (Phi) is 33.1. The lowest BCUT2D eigenvalue weighted by molar-refractivity contribution is -0.404. The smallest absolute Gasteiger partial charge is 0.217 e. The molecule has 648 valence electrons. The predicted octanol–water partition coefficient (Wildman–Crippen LogP) is -20.1. The lowest BCUT2D eigenvalue weighted by Gasteiger charge is -2.52. The van der Waals surface area contributed by atoms with Gasteiger partial charge in [0.25, 0.3) is 0 Å². The highest BCUT2D eigenvalue weighted by atomic mass is 16.8. The van der Waals surface area contributed by atoms with Crippen molar-refractivity contribution in [1.82, 2.24) is 21.3 Å². The van der Waals surface area contributed by atoms with Gasteiger partial charge in [-0.05, 0) is 0 Å². The Morgan fingerprint density at radius 1 is 0.232 bits per heavy atom. The van der Waals surface area contributed by atoms with E-state index in [1.165, 1.54) is 0 Å². The first kappa shape index (κ1) is 92.1. The van der Waals surface area contributed by atoms with Crippen LogP contribution < -0.4 is 21.3 Å². The SMILES string of the molecule is CC(=O)N[C@H]1[C@H](O[C@H]2[C@H](O)[C@@H](NC(C)=O)C(O)O[C@@H]2CO)O[C@H](CO)[C@@H](O[C@@H]2O[C@H](CO[C@H]3O[C@H](CO[C@H]4O[C@H](CO)[C@@H](O)[C@H](O)[C@@H]4O)[C@@H](O)[C@H](O[C@H]4O[C@H](CO)[C@@H](O)[C@H](O)[C@@H]4O)[C@@H]3O)[C@@H](O[C@@H]3O[C@H](CO)[C@@H](O)[C@H](O)[C@H]3NC(C)=O)[C@H](O[C@H]3O[C@H](CO)[C@@H](O)[C@H](O[C@@H]4O[C@H](CO)[C@@H](O)[C@H](O)[C@H]4NC(C)=O)[C@@H]3O)[C@@H]2O)[C@@H]1O. The lowest BCUT2D eigenvalue weighted by Crippen LogP contribution is -2.71. The number of hydrogen-bond acceptors (Lipinski definition) is 46. The molecule has 9 aliphatic rings. The van der Waals surface area contributed by atoms with Crippen molar-refractivity contribution < 1.29 is 227 Å². The zero-order chi connectivity index (χ0) is 82.5. The van der Waals surface area contributed by atoms with Gasteiger partial charge in [0, 0.05) is 27.7 Å². The number of carbonyl (C=O) groups excluding carboxylic acids is 4. The topological polar surface area (TPSA) is 779 Å². The number of ether oxygens (including phenoxy) is 17. The molecule has 50 nitrogen and oxygen atoms in total. The molecule has 50 heteroatoms. The van der Waals surface area contributed by atoms with Gasteiger partial charge in [0.2, 0.25) is 23.6 Å². The summed E-state index contributed by atoms with van der Waals surface area (Å²) in [5.41, 5.74) is 0. The van der Waals surface area contributed by atoms with E-state index in [9.17, 15) is 147 Å². The highest BCUT2D eigenvalue weighted by molar-refractivity contribution is 5.74. The number of rotatable bonds is 29. The molecule has 0 saturated carbocycles. The Morgan fingerprint density at radius 2 is 0.491 bits per heavy atom. The molecule has 9 fully saturated rings. The average Bonchev–Trinajstić information content (AvgIpc) is 0.777. The number of carbonyl (C=O) groups is 4. The summed E-state index contributed by atoms with van der Waals surface area (Å²) in [5.74, 6) is -3.62. The number of aliphatic hydroxyl groups excluding tert-OH is 25. The molecule has 1 unspecified atom stereocenters. The van der Waals surface area contributed by atoms with Crippen LogP contribution in [-0.4, -0.2) is 487 Å². The van der Waals surface area contributed by atoms with Crippen LogP contribution >= 0.6 is 0 Å². The van der Waals surface area contributed by atoms with Crippen LogP contribution in [0.4, 0.5) is 0 Å². The van der Waals surface area contributed by atoms with E-state index in [1.54, 1.807) is 0 Å². The first-order chi connectivity index (χ1) is 53.0. The monoisotopic (exact) mass is 1640 g/mol. The molecule has 45 atom stereocenters. The van der Waals surface area contributed by atoms with Gasteiger partial charge in [-0.2, -0.15) is 0 Å². The Labute approximate surface area is 634 Å². The first-order valence-corrected chi connectivity index (χ1v) is 35.6. The molecule has 29 N–H and O–H groups in total. The van der Waals surface area contributed by atoms with E-state index in [1.807, 2.05) is 0 Å². The molecule has 0 radical (unpaired) electrons. The Balaban J connectivity index is 1.15. The predicted molar refractivity (Wildman–Crippen MR) is 343 cm³/mol. The van der Waals surface area contributed by atoms with Crippen LogP contribution in [0.15, 0.2) is 0 Å². The fraction of sp³-hybridized carbons (Fsp3) is 0.935. The second-order valence-electron chi connectivity index (χ2n) is 28.2. The van der Waals surface area contributed by atoms with Gasteiger partial charge in [-0.25, -0.2) is 0 Å². The fourth-order valence-electron chi connectivity index (χ4n) is 14.4. The zero-order valence-electron chi connectivity index (χ0n) is 60.1. The minimum absolute atomic E-state index is 0.802. The van der Waals surface area contributed by atoms with Crippen molar-refractivity contribution in [3.8, 4) is 0 Å². The van der Waals surface area contributed by atoms with Crippen molar-refractivity contribution in [3.63, 3.8) is 0 Å². The van der Waals surface area contributed by atoms with Crippen molar-refractivity contribution >= 4 is 23.6 Å². The molecule has 0 aromatic heterocycles. The average molecular weight is 1640 g/mol. The van der Waals surface area contributed by atoms with Crippen LogP contribution in [0.25, 0.3) is 0 Å². The number of aliphatic hydroxyl groups is 25. The normalized spacial score (nSPS) is 48.9. The molecular weight excluding hydrogens is 1540 g/mol. The van der Waals surface area contributed by atoms with Gasteiger partial charge in [0.05, 0.1) is 59.5 Å². The Morgan fingerprint density at radius 3 is 0.938 bits per heavy atom. The van der Waals surface area contributed by atoms with Crippen molar-refractivity contribution in [3.05, 3.63) is 0 Å². The summed E-state index contributed by atoms with van der Waals surface area (Å²) < 4.78 is 102. The van der Waals surface area contributed by atoms with Gasteiger partial charge in [0.1, 0.15) is 219 Å². The van der Waals surface area contributed by atoms with E-state index in [-0.39, 0.29) is 0 Å². The Hall–Kier alpha value is -3.80. The first-order valence-electron chi connectivity index (χ1n) is 35.6. The second kappa shape index (κ2) is 40.3. The summed E-state index contributed by atoms with van der Waals surface area (Å²) in [5, 5.41) is 288. The van der Waals surface area contributed by atoms with E-state index in [0.717, 1.165) is 27.7 Å². The van der Waals surface area contributed by atoms with E-state index in [2.05, 4.69) is 21.3 Å². The summed E-state index contributed by atoms with van der Waals surface area (Å²) in [6.45, 7) is -6.21. The van der Waals surface area contributed by atoms with Crippen molar-refractivity contribution in [2.24, 2.45) is 0 Å². The second-order valence-corrected chi connectivity index (χ2v) is 28.2. The summed E-state index contributed by atoms with van der Waals surface area (Å²) >= 11 is 0. The maximum atomic E-state index is 13.1. The number of hydrogen-bond donors (Lipinski definition) is 29. The summed E-state index contributed by atoms with van der Waals surface area (Å²) in [6, 6.07) is -7.42. The zero-order valence-corrected chi connectivity index (χ0v) is 60.1. The molecule has 0 aromatic carbocycles. The van der Waals surface area contributed by atoms with E-state index in [0.29, 0.717) is 0 Å². The molecule has 4 amide bonds. The molecule has 9 saturated heterocycles. The minimum atomic E-state index is -2.68. The van der Waals surface area contributed by atoms with Crippen LogP contribution in [0, 0.1) is 0 Å². The number of amides is 4. The highest BCUT2D eigenvalue weighted by Gasteiger charge is 2.61. The van der Waals surface area contributed by atoms with Crippen molar-refractivity contribution in [2.45, 2.75) is 304 Å². The molecule has 9 aliphatic heterocycles. The van der Waals surface area contributed by atoms with Crippen LogP contribution in [0.1, 0.15) is 27.7 Å². The fourth-order valence-corrected chi connectivity index (χ4v) is 14.4. The van der Waals surface area contributed by atoms with Gasteiger partial charge in [-0.15, -0.1) is 0 Å². The Bertz CT molecular complexity index is 2970. The highest BCUT2D eigenvalue weighted by Crippen LogP contribution is 2.40. The van der Waals surface area contributed by atoms with Gasteiger partial charge in [0.15, 0.2) is 56.6 Å². The van der Waals surface area contributed by atoms with Crippen LogP contribution in [0.3, 0.4) is 0 Å². The quantitative estimate of drug-likeness (QED) is 0.0331. The summed E-state index contributed by atoms with van der Waals surface area (Å²) in [6.07, 6.45) is -87.6. The van der Waals surface area contributed by atoms with Gasteiger partial charge >= 0.3 is 0 Å². The molecule has 0 bridgehead atoms. The standard InChI is InChI=1S/C62H104N4O46/c1-14(74)63-27-39(86)48(23(10-72)98-54(27)95)107-57-30(66-17(4)77)40(87)49(24(11-73)104-57)108-62-47(94)53(112-61-46(93)51(35(82)22(9-71)103-61)110-56-29(65-16(3)76)38(85)32(79)19(6-68)100-56)50(109-55-28(64-15(2)75)37(84)31(78)18(5-67)99-55)26(106-62)13-97-59-45(92)52(111-60-44(91)42(89)34(81)21(8-70)102-60)36(83)25(105-59)12-96-58-43(90)41(88)33(80)20(7-69)101-58/h18-62,67-73,78-95H,5-13H2,1-4H3,(H,63,74)(H,64,75)(H,65,76)(H,66,77)/t18-,19-,20-,21-,22-,23-,24-,25-,26-,27-,28-,29-,30-,31-,32-,33-,34-,35-,36-,37-,38-,39-,40-,41+,42+,43+,44+,45+,46+,47+,48-,49-,50-,51+,52+,53-,54?,55+,56+,57+,58+,59+,60-,61-,62+/m1/s1. The largest absolute Gasteiger partial charge is 0.394 e. The lowest BCUT2D eigenvalue weighted by atomic mass is 9.93. The van der Waals surface area contributed by atoms with Crippen molar-refractivity contribution in [1.29, 1.82) is 0 Å². The van der Waals surface area contributed by atoms with Crippen molar-refractivity contribution in [2.75, 3.05) is 59.5 Å². The maximum absolute atomic E-state index is 13.1. The molecule has 9 rings (SSSR count). The maximum Gasteiger partial charge on any atom is 0.217 e. The summed E-state index contributed by atoms with van der Waals surface area (Å²) in [7, 11) is 0. The van der Waals surface area contributed by atoms with Gasteiger partial charge < -0.3 is 229 Å². The third kappa shape index (κ3) is 20.4. The number of nitrogens with one attached hydrogen (secondary N) is 4. The molecule has 0 aliphatic carbocycles. The molecular formula is C62H104N4O46. The molecule has 9 heterocycles. The molecule has 0 spiro atoms. The summed E-state index contributed by atoms with van der Waals surface area (Å²) in [4.78, 5) is 50.8. The van der Waals surface area contributed by atoms with Gasteiger partial charge in [-0.1, -0.05) is 0 Å². The van der Waals surface area contributed by atoms with E-state index < -0.39 is 359 Å². The molecule has 112 heavy (non-hydrogen) atoms. The third-order valence-corrected chi connectivity index (χ3v) is 20.3. The van der Waals surface area contributed by atoms with Gasteiger partial charge in [-0.3, -0.25) is 19.2 Å². The van der Waals surface area contributed by atoms with E-state index >= 15 is 0 Å². The third-order valence-electron chi connectivity index (χ3n) is 20.3. The van der Waals surface area contributed by atoms with E-state index in [4.69, 9.17) is 80.5 Å². The van der Waals surface area contributed by atoms with Crippen LogP contribution in [0.2, 0.25) is 0 Å². The minimum Gasteiger partial charge on any atom is -0.394 e.